The highest BCUT2D eigenvalue weighted by molar-refractivity contribution is 6.03. The lowest BCUT2D eigenvalue weighted by molar-refractivity contribution is -0.115. The number of guanidine groups is 1. The van der Waals surface area contributed by atoms with Gasteiger partial charge in [0.1, 0.15) is 23.2 Å². The molecule has 3 unspecified atom stereocenters. The summed E-state index contributed by atoms with van der Waals surface area (Å²) < 4.78 is 19.5. The number of carbonyl (C=O) groups excluding carboxylic acids is 1. The molecule has 1 aromatic carbocycles. The number of amidine groups is 1. The second-order valence-electron chi connectivity index (χ2n) is 8.35. The summed E-state index contributed by atoms with van der Waals surface area (Å²) >= 11 is 0. The fourth-order valence-corrected chi connectivity index (χ4v) is 4.67. The number of aliphatic imine (C=N–C) groups is 2. The molecule has 164 valence electrons. The third-order valence-corrected chi connectivity index (χ3v) is 6.38. The van der Waals surface area contributed by atoms with E-state index in [1.165, 1.54) is 12.1 Å². The van der Waals surface area contributed by atoms with E-state index in [0.717, 1.165) is 42.7 Å². The Hall–Kier alpha value is -3.22. The van der Waals surface area contributed by atoms with Gasteiger partial charge in [-0.2, -0.15) is 0 Å². The molecule has 1 aromatic rings. The summed E-state index contributed by atoms with van der Waals surface area (Å²) in [6, 6.07) is 6.05. The molecule has 2 heterocycles. The molecule has 1 spiro atoms. The van der Waals surface area contributed by atoms with Crippen molar-refractivity contribution >= 4 is 17.8 Å². The smallest absolute Gasteiger partial charge is 0.297 e. The summed E-state index contributed by atoms with van der Waals surface area (Å²) in [6.45, 7) is 5.82. The van der Waals surface area contributed by atoms with Crippen LogP contribution in [0.3, 0.4) is 0 Å². The molecule has 31 heavy (non-hydrogen) atoms. The number of hydrogen-bond acceptors (Lipinski definition) is 6. The normalized spacial score (nSPS) is 30.8. The monoisotopic (exact) mass is 424 g/mol. The highest BCUT2D eigenvalue weighted by Crippen LogP contribution is 2.55. The molecule has 0 aromatic heterocycles. The lowest BCUT2D eigenvalue weighted by Crippen LogP contribution is -2.44. The van der Waals surface area contributed by atoms with Crippen molar-refractivity contribution in [3.05, 3.63) is 71.4 Å². The summed E-state index contributed by atoms with van der Waals surface area (Å²) in [4.78, 5) is 22.4. The molecule has 0 saturated heterocycles. The van der Waals surface area contributed by atoms with Gasteiger partial charge < -0.3 is 10.1 Å². The summed E-state index contributed by atoms with van der Waals surface area (Å²) in [5.74, 6) is 1.33. The second kappa shape index (κ2) is 7.48. The van der Waals surface area contributed by atoms with Crippen LogP contribution >= 0.6 is 0 Å². The molecule has 2 aliphatic heterocycles. The van der Waals surface area contributed by atoms with Crippen molar-refractivity contribution in [1.29, 1.82) is 0 Å². The zero-order chi connectivity index (χ0) is 21.6. The van der Waals surface area contributed by atoms with Crippen LogP contribution in [-0.4, -0.2) is 23.3 Å². The predicted molar refractivity (Wildman–Crippen MR) is 121 cm³/mol. The molecule has 4 aliphatic rings. The minimum atomic E-state index is -0.496. The van der Waals surface area contributed by atoms with Crippen molar-refractivity contribution in [1.82, 2.24) is 10.6 Å². The molecule has 7 heteroatoms. The van der Waals surface area contributed by atoms with Crippen molar-refractivity contribution in [2.45, 2.75) is 50.6 Å². The molecular weight excluding hydrogens is 395 g/mol. The van der Waals surface area contributed by atoms with Crippen molar-refractivity contribution < 1.29 is 16.8 Å². The van der Waals surface area contributed by atoms with E-state index in [0.29, 0.717) is 24.0 Å². The maximum atomic E-state index is 13.5. The highest BCUT2D eigenvalue weighted by atomic mass is 19.1. The Balaban J connectivity index is 0.00000153. The first-order valence-corrected chi connectivity index (χ1v) is 10.7. The predicted octanol–water partition coefficient (Wildman–Crippen LogP) is 4.54. The number of carbonyl (C=O) groups is 1. The molecule has 0 bridgehead atoms. The largest absolute Gasteiger partial charge is 0.428 e. The number of nitrogens with zero attached hydrogens (tertiary/aromatic N) is 2. The fraction of sp³-hybridized carbons (Fsp3) is 0.375. The van der Waals surface area contributed by atoms with Crippen LogP contribution in [0.15, 0.2) is 70.0 Å². The first kappa shape index (κ1) is 19.7. The summed E-state index contributed by atoms with van der Waals surface area (Å²) in [6.07, 6.45) is 7.75. The molecule has 0 radical (unpaired) electrons. The molecule has 0 amide bonds. The molecular formula is C24H29FN4O2. The first-order valence-electron chi connectivity index (χ1n) is 10.7. The maximum absolute atomic E-state index is 13.5. The van der Waals surface area contributed by atoms with E-state index in [-0.39, 0.29) is 25.9 Å². The number of rotatable bonds is 2. The van der Waals surface area contributed by atoms with Gasteiger partial charge in [0.2, 0.25) is 5.96 Å². The van der Waals surface area contributed by atoms with Crippen LogP contribution in [0.5, 0.6) is 0 Å². The van der Waals surface area contributed by atoms with Gasteiger partial charge in [-0.25, -0.2) is 14.4 Å². The highest BCUT2D eigenvalue weighted by Gasteiger charge is 2.60. The summed E-state index contributed by atoms with van der Waals surface area (Å²) in [7, 11) is 0. The van der Waals surface area contributed by atoms with Gasteiger partial charge in [-0.15, -0.1) is 6.58 Å². The van der Waals surface area contributed by atoms with Gasteiger partial charge in [-0.1, -0.05) is 18.2 Å². The summed E-state index contributed by atoms with van der Waals surface area (Å²) in [5.41, 5.74) is 1.96. The Bertz CT molecular complexity index is 1080. The van der Waals surface area contributed by atoms with Crippen LogP contribution in [0.25, 0.3) is 0 Å². The number of nitrogens with one attached hydrogen (secondary N) is 2. The standard InChI is InChI=1S/C24H25FN4O2.2H2/c1-3-15-13-24(15)19(4-2)31-23(29-24)28-22-26-17-7-5-6-8-18(30)20(17)21(27-22)14-9-11-16(25)12-10-14;;/h3-4,9-12,15,21H,1,5-8,13H2,2H3,(H2,26,27,28,29);2*1H/b19-4+;;. The van der Waals surface area contributed by atoms with Crippen molar-refractivity contribution in [3.63, 3.8) is 0 Å². The van der Waals surface area contributed by atoms with Crippen LogP contribution in [0.4, 0.5) is 4.39 Å². The second-order valence-corrected chi connectivity index (χ2v) is 8.35. The van der Waals surface area contributed by atoms with Gasteiger partial charge >= 0.3 is 0 Å². The van der Waals surface area contributed by atoms with Crippen molar-refractivity contribution in [2.75, 3.05) is 0 Å². The molecule has 1 fully saturated rings. The number of ketones is 1. The van der Waals surface area contributed by atoms with Gasteiger partial charge in [0.15, 0.2) is 5.78 Å². The average Bonchev–Trinajstić information content (AvgIpc) is 3.41. The van der Waals surface area contributed by atoms with Crippen LogP contribution in [-0.2, 0) is 9.53 Å². The molecule has 2 aliphatic carbocycles. The minimum Gasteiger partial charge on any atom is -0.428 e. The summed E-state index contributed by atoms with van der Waals surface area (Å²) in [5, 5.41) is 6.47. The van der Waals surface area contributed by atoms with E-state index < -0.39 is 6.04 Å². The number of hydrogen-bond donors (Lipinski definition) is 2. The SMILES string of the molecule is C=CC1CC12N=C(NC1=NC(c3ccc(F)cc3)C3=C(CCCCC3=O)N1)O/C2=C/C.[HH].[HH]. The molecule has 2 N–H and O–H groups in total. The Morgan fingerprint density at radius 2 is 2.10 bits per heavy atom. The molecule has 1 saturated carbocycles. The Labute approximate surface area is 183 Å². The number of benzene rings is 1. The van der Waals surface area contributed by atoms with E-state index in [1.54, 1.807) is 12.1 Å². The topological polar surface area (TPSA) is 75.1 Å². The van der Waals surface area contributed by atoms with Crippen molar-refractivity contribution in [3.8, 4) is 0 Å². The fourth-order valence-electron chi connectivity index (χ4n) is 4.67. The third-order valence-electron chi connectivity index (χ3n) is 6.38. The van der Waals surface area contributed by atoms with Gasteiger partial charge in [-0.05, 0) is 56.4 Å². The van der Waals surface area contributed by atoms with Gasteiger partial charge in [-0.3, -0.25) is 10.1 Å². The van der Waals surface area contributed by atoms with Crippen LogP contribution in [0.1, 0.15) is 53.5 Å². The number of Topliss-reactive ketones (excluding diaryl/α,β-unsaturated/α-hetero) is 1. The van der Waals surface area contributed by atoms with Gasteiger partial charge in [0.05, 0.1) is 0 Å². The Kier molecular flexibility index (Phi) is 4.76. The van der Waals surface area contributed by atoms with E-state index in [4.69, 9.17) is 14.7 Å². The van der Waals surface area contributed by atoms with E-state index in [1.807, 2.05) is 19.1 Å². The lowest BCUT2D eigenvalue weighted by atomic mass is 9.92. The first-order chi connectivity index (χ1) is 15.0. The Morgan fingerprint density at radius 1 is 1.32 bits per heavy atom. The van der Waals surface area contributed by atoms with Crippen LogP contribution in [0.2, 0.25) is 0 Å². The zero-order valence-electron chi connectivity index (χ0n) is 17.5. The zero-order valence-corrected chi connectivity index (χ0v) is 17.5. The minimum absolute atomic E-state index is 0. The maximum Gasteiger partial charge on any atom is 0.297 e. The number of ether oxygens (including phenoxy) is 1. The quantitative estimate of drug-likeness (QED) is 0.684. The van der Waals surface area contributed by atoms with Crippen molar-refractivity contribution in [2.24, 2.45) is 15.9 Å². The van der Waals surface area contributed by atoms with Gasteiger partial charge in [0, 0.05) is 26.5 Å². The lowest BCUT2D eigenvalue weighted by Gasteiger charge is -2.27. The van der Waals surface area contributed by atoms with E-state index >= 15 is 0 Å². The molecule has 6 nitrogen and oxygen atoms in total. The van der Waals surface area contributed by atoms with E-state index in [2.05, 4.69) is 17.2 Å². The molecule has 3 atom stereocenters. The average molecular weight is 425 g/mol. The Morgan fingerprint density at radius 3 is 2.81 bits per heavy atom. The number of halogens is 1. The number of allylic oxidation sites excluding steroid dienone is 2. The van der Waals surface area contributed by atoms with Gasteiger partial charge in [0.25, 0.3) is 6.02 Å². The van der Waals surface area contributed by atoms with E-state index in [9.17, 15) is 9.18 Å². The van der Waals surface area contributed by atoms with Crippen LogP contribution < -0.4 is 10.6 Å². The van der Waals surface area contributed by atoms with Crippen LogP contribution in [0, 0.1) is 11.7 Å². The third kappa shape index (κ3) is 3.38. The molecule has 5 rings (SSSR count).